The van der Waals surface area contributed by atoms with Crippen LogP contribution >= 0.6 is 22.9 Å². The van der Waals surface area contributed by atoms with Gasteiger partial charge in [0.1, 0.15) is 0 Å². The predicted octanol–water partition coefficient (Wildman–Crippen LogP) is 2.01. The van der Waals surface area contributed by atoms with Crippen LogP contribution < -0.4 is 11.1 Å². The van der Waals surface area contributed by atoms with Gasteiger partial charge in [0.15, 0.2) is 0 Å². The van der Waals surface area contributed by atoms with E-state index in [1.807, 2.05) is 12.1 Å². The minimum Gasteiger partial charge on any atom is -0.323 e. The molecule has 1 aromatic heterocycles. The van der Waals surface area contributed by atoms with Crippen molar-refractivity contribution in [2.75, 3.05) is 13.1 Å². The lowest BCUT2D eigenvalue weighted by atomic mass is 9.99. The summed E-state index contributed by atoms with van der Waals surface area (Å²) in [4.78, 5) is 1.21. The van der Waals surface area contributed by atoms with E-state index in [-0.39, 0.29) is 6.04 Å². The summed E-state index contributed by atoms with van der Waals surface area (Å²) in [6.07, 6.45) is 1.18. The molecule has 1 aliphatic heterocycles. The average Bonchev–Trinajstić information content (AvgIpc) is 2.72. The molecule has 2 rings (SSSR count). The summed E-state index contributed by atoms with van der Waals surface area (Å²) in [7, 11) is 0. The van der Waals surface area contributed by atoms with Crippen molar-refractivity contribution in [1.82, 2.24) is 5.32 Å². The number of hydrogen-bond donors (Lipinski definition) is 2. The summed E-state index contributed by atoms with van der Waals surface area (Å²) < 4.78 is 0.830. The van der Waals surface area contributed by atoms with Gasteiger partial charge < -0.3 is 11.1 Å². The number of thiophene rings is 1. The second kappa shape index (κ2) is 3.96. The van der Waals surface area contributed by atoms with Crippen molar-refractivity contribution >= 4 is 22.9 Å². The van der Waals surface area contributed by atoms with Gasteiger partial charge in [-0.1, -0.05) is 11.6 Å². The molecular weight excluding hydrogens is 204 g/mol. The third kappa shape index (κ3) is 2.05. The maximum absolute atomic E-state index is 6.13. The van der Waals surface area contributed by atoms with Crippen LogP contribution in [0.3, 0.4) is 0 Å². The van der Waals surface area contributed by atoms with Gasteiger partial charge in [0.25, 0.3) is 0 Å². The van der Waals surface area contributed by atoms with E-state index in [0.717, 1.165) is 17.4 Å². The van der Waals surface area contributed by atoms with Gasteiger partial charge in [0, 0.05) is 10.9 Å². The van der Waals surface area contributed by atoms with Gasteiger partial charge >= 0.3 is 0 Å². The van der Waals surface area contributed by atoms with Crippen molar-refractivity contribution in [2.24, 2.45) is 11.7 Å². The molecule has 1 aliphatic rings. The van der Waals surface area contributed by atoms with Crippen LogP contribution in [-0.2, 0) is 0 Å². The molecule has 13 heavy (non-hydrogen) atoms. The average molecular weight is 217 g/mol. The van der Waals surface area contributed by atoms with Gasteiger partial charge in [-0.05, 0) is 37.6 Å². The van der Waals surface area contributed by atoms with Gasteiger partial charge in [-0.2, -0.15) is 0 Å². The summed E-state index contributed by atoms with van der Waals surface area (Å²) in [6.45, 7) is 2.13. The summed E-state index contributed by atoms with van der Waals surface area (Å²) in [5.41, 5.74) is 6.13. The Hall–Kier alpha value is -0.0900. The van der Waals surface area contributed by atoms with Crippen LogP contribution in [0.2, 0.25) is 4.34 Å². The number of rotatable bonds is 2. The molecule has 2 unspecified atom stereocenters. The fourth-order valence-electron chi connectivity index (χ4n) is 1.72. The third-order valence-corrected chi connectivity index (χ3v) is 3.86. The highest BCUT2D eigenvalue weighted by atomic mass is 35.5. The first-order chi connectivity index (χ1) is 6.27. The molecule has 2 atom stereocenters. The Morgan fingerprint density at radius 1 is 1.62 bits per heavy atom. The number of halogens is 1. The van der Waals surface area contributed by atoms with Crippen molar-refractivity contribution in [3.8, 4) is 0 Å². The molecule has 0 spiro atoms. The van der Waals surface area contributed by atoms with Gasteiger partial charge in [0.05, 0.1) is 4.34 Å². The lowest BCUT2D eigenvalue weighted by Gasteiger charge is -2.16. The number of nitrogens with one attached hydrogen (secondary N) is 1. The lowest BCUT2D eigenvalue weighted by Crippen LogP contribution is -2.22. The van der Waals surface area contributed by atoms with Gasteiger partial charge in [0.2, 0.25) is 0 Å². The van der Waals surface area contributed by atoms with Crippen LogP contribution in [0.15, 0.2) is 12.1 Å². The zero-order valence-corrected chi connectivity index (χ0v) is 8.87. The first kappa shape index (κ1) is 9.46. The van der Waals surface area contributed by atoms with Crippen LogP contribution in [0.5, 0.6) is 0 Å². The monoisotopic (exact) mass is 216 g/mol. The van der Waals surface area contributed by atoms with E-state index < -0.39 is 0 Å². The van der Waals surface area contributed by atoms with E-state index in [9.17, 15) is 0 Å². The molecular formula is C9H13ClN2S. The molecule has 0 aliphatic carbocycles. The molecule has 1 fully saturated rings. The maximum atomic E-state index is 6.13. The van der Waals surface area contributed by atoms with Crippen molar-refractivity contribution < 1.29 is 0 Å². The maximum Gasteiger partial charge on any atom is 0.0931 e. The van der Waals surface area contributed by atoms with Crippen LogP contribution in [0.25, 0.3) is 0 Å². The molecule has 0 saturated carbocycles. The molecule has 0 amide bonds. The Morgan fingerprint density at radius 2 is 2.46 bits per heavy atom. The standard InChI is InChI=1S/C9H13ClN2S/c10-8-2-1-7(13-8)9(11)6-3-4-12-5-6/h1-2,6,9,12H,3-5,11H2. The third-order valence-electron chi connectivity index (χ3n) is 2.53. The predicted molar refractivity (Wildman–Crippen MR) is 57.2 cm³/mol. The highest BCUT2D eigenvalue weighted by Gasteiger charge is 2.23. The summed E-state index contributed by atoms with van der Waals surface area (Å²) in [5.74, 6) is 0.578. The molecule has 1 saturated heterocycles. The van der Waals surface area contributed by atoms with Crippen LogP contribution in [-0.4, -0.2) is 13.1 Å². The van der Waals surface area contributed by atoms with E-state index in [4.69, 9.17) is 17.3 Å². The second-order valence-electron chi connectivity index (χ2n) is 3.42. The quantitative estimate of drug-likeness (QED) is 0.794. The van der Waals surface area contributed by atoms with E-state index in [1.165, 1.54) is 11.3 Å². The van der Waals surface area contributed by atoms with Crippen molar-refractivity contribution in [1.29, 1.82) is 0 Å². The molecule has 0 bridgehead atoms. The smallest absolute Gasteiger partial charge is 0.0931 e. The molecule has 0 radical (unpaired) electrons. The fraction of sp³-hybridized carbons (Fsp3) is 0.556. The minimum absolute atomic E-state index is 0.160. The highest BCUT2D eigenvalue weighted by molar-refractivity contribution is 7.16. The molecule has 2 nitrogen and oxygen atoms in total. The van der Waals surface area contributed by atoms with E-state index in [1.54, 1.807) is 11.3 Å². The Bertz CT molecular complexity index is 281. The Labute approximate surface area is 87.1 Å². The molecule has 0 aromatic carbocycles. The largest absolute Gasteiger partial charge is 0.323 e. The Kier molecular flexibility index (Phi) is 2.89. The Morgan fingerprint density at radius 3 is 3.00 bits per heavy atom. The van der Waals surface area contributed by atoms with Crippen molar-refractivity contribution in [3.05, 3.63) is 21.3 Å². The van der Waals surface area contributed by atoms with Gasteiger partial charge in [-0.3, -0.25) is 0 Å². The van der Waals surface area contributed by atoms with Crippen LogP contribution in [0.1, 0.15) is 17.3 Å². The number of hydrogen-bond acceptors (Lipinski definition) is 3. The summed E-state index contributed by atoms with van der Waals surface area (Å²) >= 11 is 7.45. The molecule has 4 heteroatoms. The second-order valence-corrected chi connectivity index (χ2v) is 5.17. The zero-order valence-electron chi connectivity index (χ0n) is 7.29. The summed E-state index contributed by atoms with van der Waals surface area (Å²) in [6, 6.07) is 4.12. The first-order valence-electron chi connectivity index (χ1n) is 4.49. The van der Waals surface area contributed by atoms with Crippen LogP contribution in [0.4, 0.5) is 0 Å². The van der Waals surface area contributed by atoms with Crippen LogP contribution in [0, 0.1) is 5.92 Å². The SMILES string of the molecule is NC(c1ccc(Cl)s1)C1CCNC1. The van der Waals surface area contributed by atoms with E-state index in [2.05, 4.69) is 5.32 Å². The normalized spacial score (nSPS) is 24.9. The van der Waals surface area contributed by atoms with Gasteiger partial charge in [-0.15, -0.1) is 11.3 Å². The molecule has 3 N–H and O–H groups in total. The van der Waals surface area contributed by atoms with Gasteiger partial charge in [-0.25, -0.2) is 0 Å². The van der Waals surface area contributed by atoms with Crippen molar-refractivity contribution in [2.45, 2.75) is 12.5 Å². The lowest BCUT2D eigenvalue weighted by molar-refractivity contribution is 0.476. The molecule has 1 aromatic rings. The van der Waals surface area contributed by atoms with Crippen molar-refractivity contribution in [3.63, 3.8) is 0 Å². The minimum atomic E-state index is 0.160. The van der Waals surface area contributed by atoms with E-state index in [0.29, 0.717) is 5.92 Å². The van der Waals surface area contributed by atoms with E-state index >= 15 is 0 Å². The first-order valence-corrected chi connectivity index (χ1v) is 5.68. The molecule has 72 valence electrons. The molecule has 2 heterocycles. The fourth-order valence-corrected chi connectivity index (χ4v) is 2.88. The summed E-state index contributed by atoms with van der Waals surface area (Å²) in [5, 5.41) is 3.32. The topological polar surface area (TPSA) is 38.0 Å². The highest BCUT2D eigenvalue weighted by Crippen LogP contribution is 2.31. The number of nitrogens with two attached hydrogens (primary N) is 1. The Balaban J connectivity index is 2.07. The zero-order chi connectivity index (χ0) is 9.26.